The molecule has 2 aromatic carbocycles. The lowest BCUT2D eigenvalue weighted by molar-refractivity contribution is -0.151. The van der Waals surface area contributed by atoms with Crippen molar-refractivity contribution in [2.75, 3.05) is 18.5 Å². The Balaban J connectivity index is 1.36. The van der Waals surface area contributed by atoms with Gasteiger partial charge in [-0.3, -0.25) is 9.59 Å². The van der Waals surface area contributed by atoms with Gasteiger partial charge in [-0.2, -0.15) is 0 Å². The average molecular weight is 392 g/mol. The standard InChI is InChI=1S/C22H20N2O5/c25-20(23-17-9-3-7-15-6-1-2-8-16(15)17)14-29-22(27)18-10-4-12-24(18)21(26)19-11-5-13-28-19/h1-3,5-9,11,13,18H,4,10,12,14H2,(H,23,25). The summed E-state index contributed by atoms with van der Waals surface area (Å²) >= 11 is 0. The van der Waals surface area contributed by atoms with Gasteiger partial charge in [0.1, 0.15) is 6.04 Å². The number of nitrogens with zero attached hydrogens (tertiary/aromatic N) is 1. The Morgan fingerprint density at radius 3 is 2.72 bits per heavy atom. The minimum Gasteiger partial charge on any atom is -0.459 e. The van der Waals surface area contributed by atoms with Crippen molar-refractivity contribution in [1.29, 1.82) is 0 Å². The first-order chi connectivity index (χ1) is 14.1. The second-order valence-corrected chi connectivity index (χ2v) is 6.82. The topological polar surface area (TPSA) is 88.9 Å². The summed E-state index contributed by atoms with van der Waals surface area (Å²) in [5.41, 5.74) is 0.652. The number of carbonyl (C=O) groups excluding carboxylic acids is 3. The second kappa shape index (κ2) is 8.18. The first-order valence-corrected chi connectivity index (χ1v) is 9.42. The number of hydrogen-bond donors (Lipinski definition) is 1. The van der Waals surface area contributed by atoms with Crippen LogP contribution in [0.5, 0.6) is 0 Å². The Hall–Kier alpha value is -3.61. The van der Waals surface area contributed by atoms with Crippen LogP contribution in [0.1, 0.15) is 23.4 Å². The number of esters is 1. The lowest BCUT2D eigenvalue weighted by atomic mass is 10.1. The molecule has 148 valence electrons. The van der Waals surface area contributed by atoms with Crippen LogP contribution in [0.25, 0.3) is 10.8 Å². The maximum Gasteiger partial charge on any atom is 0.329 e. The monoisotopic (exact) mass is 392 g/mol. The van der Waals surface area contributed by atoms with E-state index >= 15 is 0 Å². The Morgan fingerprint density at radius 1 is 1.07 bits per heavy atom. The summed E-state index contributed by atoms with van der Waals surface area (Å²) in [6.45, 7) is 0.0306. The Kier molecular flexibility index (Phi) is 5.29. The third-order valence-electron chi connectivity index (χ3n) is 4.93. The number of fused-ring (bicyclic) bond motifs is 1. The number of carbonyl (C=O) groups is 3. The summed E-state index contributed by atoms with van der Waals surface area (Å²) < 4.78 is 10.3. The van der Waals surface area contributed by atoms with Crippen molar-refractivity contribution in [2.45, 2.75) is 18.9 Å². The van der Waals surface area contributed by atoms with E-state index in [1.54, 1.807) is 18.2 Å². The van der Waals surface area contributed by atoms with E-state index in [0.717, 1.165) is 10.8 Å². The summed E-state index contributed by atoms with van der Waals surface area (Å²) in [6, 6.07) is 15.7. The molecule has 1 atom stereocenters. The second-order valence-electron chi connectivity index (χ2n) is 6.82. The minimum absolute atomic E-state index is 0.179. The first-order valence-electron chi connectivity index (χ1n) is 9.42. The number of hydrogen-bond acceptors (Lipinski definition) is 5. The maximum atomic E-state index is 12.5. The zero-order valence-electron chi connectivity index (χ0n) is 15.7. The number of ether oxygens (including phenoxy) is 1. The van der Waals surface area contributed by atoms with Crippen molar-refractivity contribution in [1.82, 2.24) is 4.90 Å². The van der Waals surface area contributed by atoms with E-state index in [2.05, 4.69) is 5.32 Å². The molecule has 0 aliphatic carbocycles. The lowest BCUT2D eigenvalue weighted by Gasteiger charge is -2.22. The van der Waals surface area contributed by atoms with Gasteiger partial charge < -0.3 is 19.4 Å². The molecule has 1 N–H and O–H groups in total. The molecule has 7 heteroatoms. The fraction of sp³-hybridized carbons (Fsp3) is 0.227. The van der Waals surface area contributed by atoms with Crippen LogP contribution in [0.2, 0.25) is 0 Å². The quantitative estimate of drug-likeness (QED) is 0.674. The van der Waals surface area contributed by atoms with Crippen LogP contribution in [-0.4, -0.2) is 41.9 Å². The number of amides is 2. The molecule has 1 aromatic heterocycles. The third-order valence-corrected chi connectivity index (χ3v) is 4.93. The molecule has 0 radical (unpaired) electrons. The molecule has 0 saturated carbocycles. The summed E-state index contributed by atoms with van der Waals surface area (Å²) in [6.07, 6.45) is 2.60. The summed E-state index contributed by atoms with van der Waals surface area (Å²) in [5, 5.41) is 4.68. The van der Waals surface area contributed by atoms with Gasteiger partial charge >= 0.3 is 5.97 Å². The highest BCUT2D eigenvalue weighted by Crippen LogP contribution is 2.23. The molecule has 2 heterocycles. The molecule has 7 nitrogen and oxygen atoms in total. The van der Waals surface area contributed by atoms with E-state index < -0.39 is 24.5 Å². The number of likely N-dealkylation sites (tertiary alicyclic amines) is 1. The molecule has 1 saturated heterocycles. The molecule has 0 bridgehead atoms. The smallest absolute Gasteiger partial charge is 0.329 e. The average Bonchev–Trinajstić information content (AvgIpc) is 3.44. The molecule has 2 amide bonds. The molecule has 0 spiro atoms. The zero-order chi connectivity index (χ0) is 20.2. The molecular weight excluding hydrogens is 372 g/mol. The van der Waals surface area contributed by atoms with Crippen molar-refractivity contribution >= 4 is 34.2 Å². The zero-order valence-corrected chi connectivity index (χ0v) is 15.7. The van der Waals surface area contributed by atoms with E-state index in [9.17, 15) is 14.4 Å². The van der Waals surface area contributed by atoms with Crippen molar-refractivity contribution in [3.8, 4) is 0 Å². The van der Waals surface area contributed by atoms with Crippen molar-refractivity contribution in [2.24, 2.45) is 0 Å². The SMILES string of the molecule is O=C(COC(=O)C1CCCN1C(=O)c1ccco1)Nc1cccc2ccccc12. The van der Waals surface area contributed by atoms with Gasteiger partial charge in [0, 0.05) is 17.6 Å². The largest absolute Gasteiger partial charge is 0.459 e. The van der Waals surface area contributed by atoms with Crippen LogP contribution in [0.15, 0.2) is 65.3 Å². The van der Waals surface area contributed by atoms with E-state index in [4.69, 9.17) is 9.15 Å². The summed E-state index contributed by atoms with van der Waals surface area (Å²) in [5.74, 6) is -1.19. The van der Waals surface area contributed by atoms with E-state index in [0.29, 0.717) is 25.1 Å². The van der Waals surface area contributed by atoms with Gasteiger partial charge in [0.25, 0.3) is 11.8 Å². The molecule has 3 aromatic rings. The van der Waals surface area contributed by atoms with Crippen LogP contribution in [0, 0.1) is 0 Å². The van der Waals surface area contributed by atoms with Crippen LogP contribution in [-0.2, 0) is 14.3 Å². The van der Waals surface area contributed by atoms with Gasteiger partial charge in [0.15, 0.2) is 12.4 Å². The van der Waals surface area contributed by atoms with Crippen LogP contribution in [0.4, 0.5) is 5.69 Å². The van der Waals surface area contributed by atoms with E-state index in [1.807, 2.05) is 36.4 Å². The number of furan rings is 1. The highest BCUT2D eigenvalue weighted by molar-refractivity contribution is 6.03. The van der Waals surface area contributed by atoms with E-state index in [1.165, 1.54) is 11.2 Å². The normalized spacial score (nSPS) is 16.0. The predicted molar refractivity (Wildman–Crippen MR) is 106 cm³/mol. The van der Waals surface area contributed by atoms with Gasteiger partial charge in [0.2, 0.25) is 0 Å². The molecule has 1 aliphatic rings. The van der Waals surface area contributed by atoms with Crippen molar-refractivity contribution in [3.63, 3.8) is 0 Å². The molecule has 1 unspecified atom stereocenters. The molecular formula is C22H20N2O5. The maximum absolute atomic E-state index is 12.5. The lowest BCUT2D eigenvalue weighted by Crippen LogP contribution is -2.42. The van der Waals surface area contributed by atoms with Crippen molar-refractivity contribution < 1.29 is 23.5 Å². The molecule has 29 heavy (non-hydrogen) atoms. The van der Waals surface area contributed by atoms with Gasteiger partial charge in [-0.05, 0) is 36.4 Å². The summed E-state index contributed by atoms with van der Waals surface area (Å²) in [4.78, 5) is 38.7. The van der Waals surface area contributed by atoms with Gasteiger partial charge in [-0.1, -0.05) is 36.4 Å². The number of benzene rings is 2. The highest BCUT2D eigenvalue weighted by atomic mass is 16.5. The number of rotatable bonds is 5. The number of nitrogens with one attached hydrogen (secondary N) is 1. The first kappa shape index (κ1) is 18.7. The van der Waals surface area contributed by atoms with Gasteiger partial charge in [0.05, 0.1) is 6.26 Å². The minimum atomic E-state index is -0.710. The fourth-order valence-electron chi connectivity index (χ4n) is 3.55. The Labute approximate surface area is 167 Å². The highest BCUT2D eigenvalue weighted by Gasteiger charge is 2.36. The van der Waals surface area contributed by atoms with Gasteiger partial charge in [-0.15, -0.1) is 0 Å². The van der Waals surface area contributed by atoms with Crippen LogP contribution >= 0.6 is 0 Å². The molecule has 1 aliphatic heterocycles. The van der Waals surface area contributed by atoms with Crippen LogP contribution < -0.4 is 5.32 Å². The molecule has 4 rings (SSSR count). The fourth-order valence-corrected chi connectivity index (χ4v) is 3.55. The number of anilines is 1. The Morgan fingerprint density at radius 2 is 1.90 bits per heavy atom. The molecule has 1 fully saturated rings. The van der Waals surface area contributed by atoms with Crippen molar-refractivity contribution in [3.05, 3.63) is 66.6 Å². The van der Waals surface area contributed by atoms with Gasteiger partial charge in [-0.25, -0.2) is 4.79 Å². The van der Waals surface area contributed by atoms with Crippen LogP contribution in [0.3, 0.4) is 0 Å². The summed E-state index contributed by atoms with van der Waals surface area (Å²) in [7, 11) is 0. The Bertz CT molecular complexity index is 1040. The van der Waals surface area contributed by atoms with E-state index in [-0.39, 0.29) is 11.7 Å². The predicted octanol–water partition coefficient (Wildman–Crippen LogP) is 3.22. The third kappa shape index (κ3) is 3.99.